The molecule has 0 unspecified atom stereocenters. The van der Waals surface area contributed by atoms with Crippen molar-refractivity contribution in [1.29, 1.82) is 0 Å². The standard InChI is InChI=1S/C16H20N4O2/c1-12-11-15(19-22-12)18-16(21)17-13-7-9-20(10-8-13)14-5-3-2-4-6-14/h2-6,11,13H,7-10H2,1H3,(H2,17,18,19,21). The number of hydrogen-bond donors (Lipinski definition) is 2. The molecular formula is C16H20N4O2. The first-order valence-electron chi connectivity index (χ1n) is 7.51. The summed E-state index contributed by atoms with van der Waals surface area (Å²) in [4.78, 5) is 14.3. The van der Waals surface area contributed by atoms with Gasteiger partial charge in [0, 0.05) is 30.9 Å². The molecule has 6 nitrogen and oxygen atoms in total. The van der Waals surface area contributed by atoms with E-state index in [1.54, 1.807) is 13.0 Å². The Labute approximate surface area is 129 Å². The number of rotatable bonds is 3. The van der Waals surface area contributed by atoms with E-state index in [1.165, 1.54) is 5.69 Å². The highest BCUT2D eigenvalue weighted by molar-refractivity contribution is 5.88. The summed E-state index contributed by atoms with van der Waals surface area (Å²) in [7, 11) is 0. The monoisotopic (exact) mass is 300 g/mol. The van der Waals surface area contributed by atoms with Crippen LogP contribution in [0.5, 0.6) is 0 Å². The maximum Gasteiger partial charge on any atom is 0.320 e. The van der Waals surface area contributed by atoms with E-state index in [0.29, 0.717) is 11.6 Å². The molecule has 2 amide bonds. The van der Waals surface area contributed by atoms with E-state index in [1.807, 2.05) is 18.2 Å². The molecule has 0 bridgehead atoms. The molecule has 2 heterocycles. The summed E-state index contributed by atoms with van der Waals surface area (Å²) in [6.07, 6.45) is 1.86. The Bertz CT molecular complexity index is 618. The second-order valence-electron chi connectivity index (χ2n) is 5.52. The van der Waals surface area contributed by atoms with Crippen LogP contribution in [0.4, 0.5) is 16.3 Å². The van der Waals surface area contributed by atoms with Crippen molar-refractivity contribution in [2.24, 2.45) is 0 Å². The van der Waals surface area contributed by atoms with Gasteiger partial charge in [-0.05, 0) is 31.9 Å². The van der Waals surface area contributed by atoms with Gasteiger partial charge in [-0.1, -0.05) is 23.4 Å². The molecule has 1 aliphatic rings. The molecule has 0 aliphatic carbocycles. The number of hydrogen-bond acceptors (Lipinski definition) is 4. The first kappa shape index (κ1) is 14.4. The quantitative estimate of drug-likeness (QED) is 0.914. The minimum absolute atomic E-state index is 0.188. The molecule has 1 saturated heterocycles. The first-order valence-corrected chi connectivity index (χ1v) is 7.51. The van der Waals surface area contributed by atoms with Gasteiger partial charge in [0.25, 0.3) is 0 Å². The molecule has 1 aliphatic heterocycles. The van der Waals surface area contributed by atoms with Crippen LogP contribution < -0.4 is 15.5 Å². The summed E-state index contributed by atoms with van der Waals surface area (Å²) < 4.78 is 4.92. The lowest BCUT2D eigenvalue weighted by Crippen LogP contribution is -2.46. The van der Waals surface area contributed by atoms with Crippen molar-refractivity contribution >= 4 is 17.5 Å². The van der Waals surface area contributed by atoms with Gasteiger partial charge >= 0.3 is 6.03 Å². The fraction of sp³-hybridized carbons (Fsp3) is 0.375. The second-order valence-corrected chi connectivity index (χ2v) is 5.52. The van der Waals surface area contributed by atoms with E-state index in [4.69, 9.17) is 4.52 Å². The summed E-state index contributed by atoms with van der Waals surface area (Å²) in [5, 5.41) is 9.42. The van der Waals surface area contributed by atoms with Crippen LogP contribution in [0.25, 0.3) is 0 Å². The van der Waals surface area contributed by atoms with Crippen molar-refractivity contribution in [1.82, 2.24) is 10.5 Å². The van der Waals surface area contributed by atoms with Crippen LogP contribution in [-0.4, -0.2) is 30.3 Å². The van der Waals surface area contributed by atoms with Gasteiger partial charge in [-0.25, -0.2) is 4.79 Å². The van der Waals surface area contributed by atoms with Crippen molar-refractivity contribution in [3.05, 3.63) is 42.2 Å². The molecule has 0 radical (unpaired) electrons. The van der Waals surface area contributed by atoms with E-state index < -0.39 is 0 Å². The van der Waals surface area contributed by atoms with Crippen molar-refractivity contribution in [2.45, 2.75) is 25.8 Å². The summed E-state index contributed by atoms with van der Waals surface area (Å²) in [5.41, 5.74) is 1.24. The molecule has 1 aromatic heterocycles. The molecule has 1 fully saturated rings. The molecule has 3 rings (SSSR count). The fourth-order valence-electron chi connectivity index (χ4n) is 2.68. The number of aryl methyl sites for hydroxylation is 1. The Balaban J connectivity index is 1.46. The third kappa shape index (κ3) is 3.58. The van der Waals surface area contributed by atoms with Crippen molar-refractivity contribution in [2.75, 3.05) is 23.3 Å². The zero-order valence-corrected chi connectivity index (χ0v) is 12.6. The number of anilines is 2. The molecule has 116 valence electrons. The Hall–Kier alpha value is -2.50. The van der Waals surface area contributed by atoms with Gasteiger partial charge in [-0.3, -0.25) is 5.32 Å². The van der Waals surface area contributed by atoms with E-state index in [9.17, 15) is 4.79 Å². The largest absolute Gasteiger partial charge is 0.371 e. The average Bonchev–Trinajstić information content (AvgIpc) is 2.94. The van der Waals surface area contributed by atoms with Crippen LogP contribution in [0.1, 0.15) is 18.6 Å². The lowest BCUT2D eigenvalue weighted by atomic mass is 10.0. The number of carbonyl (C=O) groups is 1. The zero-order chi connectivity index (χ0) is 15.4. The zero-order valence-electron chi connectivity index (χ0n) is 12.6. The summed E-state index contributed by atoms with van der Waals surface area (Å²) >= 11 is 0. The molecule has 0 saturated carbocycles. The van der Waals surface area contributed by atoms with Gasteiger partial charge in [-0.15, -0.1) is 0 Å². The topological polar surface area (TPSA) is 70.4 Å². The fourth-order valence-corrected chi connectivity index (χ4v) is 2.68. The van der Waals surface area contributed by atoms with Crippen LogP contribution in [0, 0.1) is 6.92 Å². The minimum Gasteiger partial charge on any atom is -0.371 e. The van der Waals surface area contributed by atoms with Gasteiger partial charge in [-0.2, -0.15) is 0 Å². The Morgan fingerprint density at radius 2 is 2.00 bits per heavy atom. The van der Waals surface area contributed by atoms with Gasteiger partial charge in [0.15, 0.2) is 5.82 Å². The van der Waals surface area contributed by atoms with Gasteiger partial charge in [0.05, 0.1) is 0 Å². The predicted octanol–water partition coefficient (Wildman–Crippen LogP) is 2.77. The second kappa shape index (κ2) is 6.51. The highest BCUT2D eigenvalue weighted by atomic mass is 16.5. The number of benzene rings is 1. The SMILES string of the molecule is Cc1cc(NC(=O)NC2CCN(c3ccccc3)CC2)no1. The predicted molar refractivity (Wildman–Crippen MR) is 85.1 cm³/mol. The molecule has 0 atom stereocenters. The number of amides is 2. The third-order valence-electron chi connectivity index (χ3n) is 3.82. The lowest BCUT2D eigenvalue weighted by molar-refractivity contribution is 0.245. The van der Waals surface area contributed by atoms with Crippen molar-refractivity contribution in [3.63, 3.8) is 0 Å². The van der Waals surface area contributed by atoms with E-state index in [-0.39, 0.29) is 12.1 Å². The minimum atomic E-state index is -0.230. The lowest BCUT2D eigenvalue weighted by Gasteiger charge is -2.33. The van der Waals surface area contributed by atoms with Gasteiger partial charge in [0.1, 0.15) is 5.76 Å². The number of aromatic nitrogens is 1. The van der Waals surface area contributed by atoms with Crippen LogP contribution in [0.2, 0.25) is 0 Å². The normalized spacial score (nSPS) is 15.6. The number of nitrogens with one attached hydrogen (secondary N) is 2. The first-order chi connectivity index (χ1) is 10.7. The van der Waals surface area contributed by atoms with Crippen LogP contribution in [-0.2, 0) is 0 Å². The molecular weight excluding hydrogens is 280 g/mol. The number of nitrogens with zero attached hydrogens (tertiary/aromatic N) is 2. The Morgan fingerprint density at radius 3 is 2.64 bits per heavy atom. The molecule has 6 heteroatoms. The molecule has 0 spiro atoms. The van der Waals surface area contributed by atoms with E-state index >= 15 is 0 Å². The highest BCUT2D eigenvalue weighted by Crippen LogP contribution is 2.19. The van der Waals surface area contributed by atoms with Crippen LogP contribution in [0.3, 0.4) is 0 Å². The Morgan fingerprint density at radius 1 is 1.27 bits per heavy atom. The summed E-state index contributed by atoms with van der Waals surface area (Å²) in [5.74, 6) is 1.11. The molecule has 2 N–H and O–H groups in total. The van der Waals surface area contributed by atoms with Crippen molar-refractivity contribution in [3.8, 4) is 0 Å². The molecule has 22 heavy (non-hydrogen) atoms. The smallest absolute Gasteiger partial charge is 0.320 e. The van der Waals surface area contributed by atoms with Crippen LogP contribution >= 0.6 is 0 Å². The van der Waals surface area contributed by atoms with E-state index in [0.717, 1.165) is 25.9 Å². The summed E-state index contributed by atoms with van der Waals surface area (Å²) in [6, 6.07) is 12.0. The van der Waals surface area contributed by atoms with E-state index in [2.05, 4.69) is 32.8 Å². The van der Waals surface area contributed by atoms with Crippen LogP contribution in [0.15, 0.2) is 40.9 Å². The maximum absolute atomic E-state index is 11.9. The Kier molecular flexibility index (Phi) is 4.27. The number of piperidine rings is 1. The molecule has 1 aromatic carbocycles. The number of para-hydroxylation sites is 1. The number of urea groups is 1. The highest BCUT2D eigenvalue weighted by Gasteiger charge is 2.21. The average molecular weight is 300 g/mol. The van der Waals surface area contributed by atoms with Gasteiger partial charge in [0.2, 0.25) is 0 Å². The molecule has 2 aromatic rings. The van der Waals surface area contributed by atoms with Crippen molar-refractivity contribution < 1.29 is 9.32 Å². The third-order valence-corrected chi connectivity index (χ3v) is 3.82. The number of carbonyl (C=O) groups excluding carboxylic acids is 1. The maximum atomic E-state index is 11.9. The summed E-state index contributed by atoms with van der Waals surface area (Å²) in [6.45, 7) is 3.67. The van der Waals surface area contributed by atoms with Gasteiger partial charge < -0.3 is 14.7 Å².